The van der Waals surface area contributed by atoms with Crippen molar-refractivity contribution in [3.63, 3.8) is 0 Å². The highest BCUT2D eigenvalue weighted by atomic mass is 19.4. The third-order valence-corrected chi connectivity index (χ3v) is 6.00. The first-order valence-electron chi connectivity index (χ1n) is 13.3. The molecule has 0 atom stereocenters. The van der Waals surface area contributed by atoms with Gasteiger partial charge in [-0.05, 0) is 61.1 Å². The monoisotopic (exact) mass is 601 g/mol. The average Bonchev–Trinajstić information content (AvgIpc) is 2.93. The molecule has 0 aliphatic heterocycles. The van der Waals surface area contributed by atoms with Crippen molar-refractivity contribution >= 4 is 34.9 Å². The SMILES string of the molecule is COc1cc(NC(=O)Nc2ccc(OC(F)(F)F)cc2)ccc1C(=O)NCCN(C)Cc1cccc(NC(=O)C(C)C)c1. The first-order chi connectivity index (χ1) is 20.3. The van der Waals surface area contributed by atoms with E-state index in [1.807, 2.05) is 50.1 Å². The van der Waals surface area contributed by atoms with Crippen molar-refractivity contribution in [1.29, 1.82) is 0 Å². The van der Waals surface area contributed by atoms with Crippen LogP contribution in [-0.4, -0.2) is 56.4 Å². The lowest BCUT2D eigenvalue weighted by molar-refractivity contribution is -0.274. The summed E-state index contributed by atoms with van der Waals surface area (Å²) < 4.78 is 46.1. The van der Waals surface area contributed by atoms with Crippen LogP contribution in [0.15, 0.2) is 66.7 Å². The summed E-state index contributed by atoms with van der Waals surface area (Å²) in [5.41, 5.74) is 2.58. The minimum atomic E-state index is -4.81. The van der Waals surface area contributed by atoms with E-state index in [0.717, 1.165) is 23.4 Å². The lowest BCUT2D eigenvalue weighted by Gasteiger charge is -2.18. The quantitative estimate of drug-likeness (QED) is 0.212. The number of nitrogens with one attached hydrogen (secondary N) is 4. The van der Waals surface area contributed by atoms with Crippen molar-refractivity contribution in [3.05, 3.63) is 77.9 Å². The molecule has 4 N–H and O–H groups in total. The zero-order chi connectivity index (χ0) is 31.6. The number of ether oxygens (including phenoxy) is 2. The molecule has 0 bridgehead atoms. The van der Waals surface area contributed by atoms with Crippen LogP contribution in [0.1, 0.15) is 29.8 Å². The van der Waals surface area contributed by atoms with Crippen molar-refractivity contribution in [3.8, 4) is 11.5 Å². The second kappa shape index (κ2) is 14.9. The number of carbonyl (C=O) groups is 3. The number of methoxy groups -OCH3 is 1. The second-order valence-corrected chi connectivity index (χ2v) is 9.90. The van der Waals surface area contributed by atoms with Gasteiger partial charge in [-0.1, -0.05) is 26.0 Å². The van der Waals surface area contributed by atoms with Crippen LogP contribution in [0.2, 0.25) is 0 Å². The van der Waals surface area contributed by atoms with E-state index in [9.17, 15) is 27.6 Å². The molecule has 0 radical (unpaired) electrons. The van der Waals surface area contributed by atoms with E-state index >= 15 is 0 Å². The number of benzene rings is 3. The molecule has 0 aliphatic rings. The standard InChI is InChI=1S/C30H34F3N5O5/c1-19(2)27(39)35-22-7-5-6-20(16-22)18-38(3)15-14-34-28(40)25-13-10-23(17-26(25)42-4)37-29(41)36-21-8-11-24(12-9-21)43-30(31,32)33/h5-13,16-17,19H,14-15,18H2,1-4H3,(H,34,40)(H,35,39)(H2,36,37,41). The summed E-state index contributed by atoms with van der Waals surface area (Å²) in [7, 11) is 3.31. The van der Waals surface area contributed by atoms with E-state index in [-0.39, 0.29) is 34.7 Å². The van der Waals surface area contributed by atoms with Gasteiger partial charge in [0.1, 0.15) is 11.5 Å². The van der Waals surface area contributed by atoms with Gasteiger partial charge in [-0.2, -0.15) is 0 Å². The summed E-state index contributed by atoms with van der Waals surface area (Å²) in [6, 6.07) is 16.1. The smallest absolute Gasteiger partial charge is 0.496 e. The number of anilines is 3. The van der Waals surface area contributed by atoms with Crippen LogP contribution in [0.5, 0.6) is 11.5 Å². The third-order valence-electron chi connectivity index (χ3n) is 6.00. The van der Waals surface area contributed by atoms with Crippen molar-refractivity contribution < 1.29 is 37.0 Å². The van der Waals surface area contributed by atoms with E-state index in [2.05, 4.69) is 26.0 Å². The van der Waals surface area contributed by atoms with Crippen molar-refractivity contribution in [2.24, 2.45) is 5.92 Å². The largest absolute Gasteiger partial charge is 0.573 e. The summed E-state index contributed by atoms with van der Waals surface area (Å²) in [6.07, 6.45) is -4.81. The van der Waals surface area contributed by atoms with Crippen molar-refractivity contribution in [1.82, 2.24) is 10.2 Å². The fourth-order valence-corrected chi connectivity index (χ4v) is 3.87. The summed E-state index contributed by atoms with van der Waals surface area (Å²) in [6.45, 7) is 5.18. The predicted molar refractivity (Wildman–Crippen MR) is 157 cm³/mol. The van der Waals surface area contributed by atoms with Gasteiger partial charge >= 0.3 is 12.4 Å². The predicted octanol–water partition coefficient (Wildman–Crippen LogP) is 5.69. The van der Waals surface area contributed by atoms with Crippen LogP contribution < -0.4 is 30.7 Å². The zero-order valence-corrected chi connectivity index (χ0v) is 24.2. The molecule has 0 saturated carbocycles. The normalized spacial score (nSPS) is 11.2. The number of alkyl halides is 3. The molecule has 0 heterocycles. The summed E-state index contributed by atoms with van der Waals surface area (Å²) in [4.78, 5) is 39.2. The number of rotatable bonds is 12. The molecule has 0 aromatic heterocycles. The molecule has 4 amide bonds. The van der Waals surface area contributed by atoms with Gasteiger partial charge in [-0.3, -0.25) is 9.59 Å². The number of nitrogens with zero attached hydrogens (tertiary/aromatic N) is 1. The highest BCUT2D eigenvalue weighted by Crippen LogP contribution is 2.25. The summed E-state index contributed by atoms with van der Waals surface area (Å²) in [5.74, 6) is -0.714. The summed E-state index contributed by atoms with van der Waals surface area (Å²) in [5, 5.41) is 10.8. The van der Waals surface area contributed by atoms with Crippen LogP contribution >= 0.6 is 0 Å². The average molecular weight is 602 g/mol. The Morgan fingerprint density at radius 1 is 0.884 bits per heavy atom. The van der Waals surface area contributed by atoms with Crippen LogP contribution in [0.3, 0.4) is 0 Å². The van der Waals surface area contributed by atoms with E-state index in [1.54, 1.807) is 0 Å². The number of amides is 4. The maximum absolute atomic E-state index is 12.8. The van der Waals surface area contributed by atoms with Crippen LogP contribution in [0.4, 0.5) is 35.0 Å². The van der Waals surface area contributed by atoms with Gasteiger partial charge in [0.25, 0.3) is 5.91 Å². The van der Waals surface area contributed by atoms with Gasteiger partial charge in [0.2, 0.25) is 5.91 Å². The highest BCUT2D eigenvalue weighted by Gasteiger charge is 2.31. The van der Waals surface area contributed by atoms with Crippen LogP contribution in [-0.2, 0) is 11.3 Å². The minimum Gasteiger partial charge on any atom is -0.496 e. The van der Waals surface area contributed by atoms with Gasteiger partial charge in [0, 0.05) is 48.7 Å². The highest BCUT2D eigenvalue weighted by molar-refractivity contribution is 6.01. The Labute approximate surface area is 247 Å². The lowest BCUT2D eigenvalue weighted by Crippen LogP contribution is -2.33. The molecular formula is C30H34F3N5O5. The van der Waals surface area contributed by atoms with Gasteiger partial charge < -0.3 is 35.6 Å². The number of halogens is 3. The minimum absolute atomic E-state index is 0.0529. The number of urea groups is 1. The Morgan fingerprint density at radius 2 is 1.53 bits per heavy atom. The second-order valence-electron chi connectivity index (χ2n) is 9.90. The van der Waals surface area contributed by atoms with Crippen molar-refractivity contribution in [2.45, 2.75) is 26.8 Å². The molecule has 0 spiro atoms. The Kier molecular flexibility index (Phi) is 11.4. The maximum Gasteiger partial charge on any atom is 0.573 e. The van der Waals surface area contributed by atoms with Gasteiger partial charge in [0.15, 0.2) is 0 Å². The zero-order valence-electron chi connectivity index (χ0n) is 24.2. The van der Waals surface area contributed by atoms with Gasteiger partial charge in [-0.25, -0.2) is 4.79 Å². The molecule has 0 saturated heterocycles. The number of carbonyl (C=O) groups excluding carboxylic acids is 3. The van der Waals surface area contributed by atoms with E-state index in [0.29, 0.717) is 25.3 Å². The molecule has 0 unspecified atom stereocenters. The van der Waals surface area contributed by atoms with Crippen LogP contribution in [0, 0.1) is 5.92 Å². The molecule has 13 heteroatoms. The first-order valence-corrected chi connectivity index (χ1v) is 13.3. The fraction of sp³-hybridized carbons (Fsp3) is 0.300. The molecule has 10 nitrogen and oxygen atoms in total. The topological polar surface area (TPSA) is 121 Å². The molecule has 3 rings (SSSR count). The molecule has 0 fully saturated rings. The Balaban J connectivity index is 1.49. The summed E-state index contributed by atoms with van der Waals surface area (Å²) >= 11 is 0. The molecular weight excluding hydrogens is 567 g/mol. The number of hydrogen-bond donors (Lipinski definition) is 4. The van der Waals surface area contributed by atoms with Gasteiger partial charge in [-0.15, -0.1) is 13.2 Å². The maximum atomic E-state index is 12.8. The van der Waals surface area contributed by atoms with Crippen molar-refractivity contribution in [2.75, 3.05) is 43.2 Å². The fourth-order valence-electron chi connectivity index (χ4n) is 3.87. The van der Waals surface area contributed by atoms with E-state index in [1.165, 1.54) is 37.4 Å². The Bertz CT molecular complexity index is 1410. The van der Waals surface area contributed by atoms with E-state index < -0.39 is 18.1 Å². The molecule has 3 aromatic rings. The Morgan fingerprint density at radius 3 is 2.19 bits per heavy atom. The lowest BCUT2D eigenvalue weighted by atomic mass is 10.1. The molecule has 230 valence electrons. The van der Waals surface area contributed by atoms with Crippen LogP contribution in [0.25, 0.3) is 0 Å². The number of likely N-dealkylation sites (N-methyl/N-ethyl adjacent to an activating group) is 1. The first kappa shape index (κ1) is 32.7. The molecule has 3 aromatic carbocycles. The van der Waals surface area contributed by atoms with E-state index in [4.69, 9.17) is 4.74 Å². The third kappa shape index (κ3) is 10.9. The van der Waals surface area contributed by atoms with Gasteiger partial charge in [0.05, 0.1) is 12.7 Å². The Hall–Kier alpha value is -4.78. The molecule has 43 heavy (non-hydrogen) atoms. The molecule has 0 aliphatic carbocycles. The number of hydrogen-bond acceptors (Lipinski definition) is 6.